The highest BCUT2D eigenvalue weighted by Gasteiger charge is 2.30. The van der Waals surface area contributed by atoms with Crippen molar-refractivity contribution in [1.29, 1.82) is 0 Å². The van der Waals surface area contributed by atoms with Gasteiger partial charge in [-0.2, -0.15) is 0 Å². The van der Waals surface area contributed by atoms with Crippen LogP contribution in [-0.2, 0) is 0 Å². The highest BCUT2D eigenvalue weighted by atomic mass is 15.0. The molecule has 51 heavy (non-hydrogen) atoms. The quantitative estimate of drug-likeness (QED) is 0.180. The predicted molar refractivity (Wildman–Crippen MR) is 213 cm³/mol. The molecule has 2 heterocycles. The molecule has 2 heteroatoms. The molecule has 0 saturated heterocycles. The van der Waals surface area contributed by atoms with Gasteiger partial charge < -0.3 is 9.13 Å². The van der Waals surface area contributed by atoms with Crippen LogP contribution in [0.3, 0.4) is 0 Å². The first kappa shape index (κ1) is 28.2. The second kappa shape index (κ2) is 10.9. The molecule has 1 atom stereocenters. The van der Waals surface area contributed by atoms with Crippen LogP contribution in [0.5, 0.6) is 0 Å². The van der Waals surface area contributed by atoms with E-state index in [1.54, 1.807) is 0 Å². The Kier molecular flexibility index (Phi) is 6.05. The zero-order valence-corrected chi connectivity index (χ0v) is 27.9. The van der Waals surface area contributed by atoms with E-state index in [-0.39, 0.29) is 5.92 Å². The second-order valence-electron chi connectivity index (χ2n) is 13.7. The average molecular weight is 649 g/mol. The van der Waals surface area contributed by atoms with Crippen molar-refractivity contribution in [3.8, 4) is 33.6 Å². The molecule has 0 fully saturated rings. The number of aromatic nitrogens is 2. The Labute approximate surface area is 296 Å². The minimum absolute atomic E-state index is 0.184. The van der Waals surface area contributed by atoms with Gasteiger partial charge in [0.25, 0.3) is 0 Å². The lowest BCUT2D eigenvalue weighted by atomic mass is 9.88. The van der Waals surface area contributed by atoms with Gasteiger partial charge in [-0.15, -0.1) is 0 Å². The lowest BCUT2D eigenvalue weighted by molar-refractivity contribution is 1.01. The summed E-state index contributed by atoms with van der Waals surface area (Å²) in [5.41, 5.74) is 16.5. The van der Waals surface area contributed by atoms with E-state index in [0.29, 0.717) is 0 Å². The summed E-state index contributed by atoms with van der Waals surface area (Å²) in [7, 11) is 0. The predicted octanol–water partition coefficient (Wildman–Crippen LogP) is 12.7. The molecule has 10 aromatic rings. The number of rotatable bonds is 4. The topological polar surface area (TPSA) is 9.86 Å². The van der Waals surface area contributed by atoms with E-state index in [9.17, 15) is 0 Å². The molecule has 2 nitrogen and oxygen atoms in total. The fourth-order valence-electron chi connectivity index (χ4n) is 8.77. The Morgan fingerprint density at radius 3 is 1.55 bits per heavy atom. The van der Waals surface area contributed by atoms with Crippen LogP contribution in [0.15, 0.2) is 188 Å². The molecular formula is C49H32N2. The van der Waals surface area contributed by atoms with Gasteiger partial charge in [-0.05, 0) is 93.5 Å². The van der Waals surface area contributed by atoms with Gasteiger partial charge in [0.2, 0.25) is 0 Å². The molecule has 1 aliphatic carbocycles. The number of nitrogens with zero attached hydrogens (tertiary/aromatic N) is 2. The summed E-state index contributed by atoms with van der Waals surface area (Å²) in [6.07, 6.45) is 0. The lowest BCUT2D eigenvalue weighted by Gasteiger charge is -2.16. The van der Waals surface area contributed by atoms with Crippen molar-refractivity contribution >= 4 is 43.6 Å². The molecule has 0 saturated carbocycles. The van der Waals surface area contributed by atoms with Gasteiger partial charge in [-0.1, -0.05) is 133 Å². The lowest BCUT2D eigenvalue weighted by Crippen LogP contribution is -2.00. The van der Waals surface area contributed by atoms with Gasteiger partial charge in [-0.25, -0.2) is 0 Å². The van der Waals surface area contributed by atoms with Crippen LogP contribution >= 0.6 is 0 Å². The molecule has 0 spiro atoms. The van der Waals surface area contributed by atoms with Crippen molar-refractivity contribution in [1.82, 2.24) is 9.13 Å². The van der Waals surface area contributed by atoms with E-state index >= 15 is 0 Å². The molecule has 0 amide bonds. The fraction of sp³-hybridized carbons (Fsp3) is 0.0204. The summed E-state index contributed by atoms with van der Waals surface area (Å²) in [5, 5.41) is 5.11. The standard InChI is InChI=1S/C49H32N2/c1-2-12-35(13-3-1)50-47-21-11-8-17-40(47)44-30-34(26-29-48(44)50)32-22-24-33(25-23-32)49-41-18-5-4-14-37(41)43-31-36(27-28-42(43)49)51-45-19-9-6-15-38(45)39-16-7-10-20-46(39)51/h1-31,49H. The number of hydrogen-bond donors (Lipinski definition) is 0. The smallest absolute Gasteiger partial charge is 0.0541 e. The molecule has 1 unspecified atom stereocenters. The van der Waals surface area contributed by atoms with Crippen LogP contribution < -0.4 is 0 Å². The maximum atomic E-state index is 2.42. The van der Waals surface area contributed by atoms with E-state index in [4.69, 9.17) is 0 Å². The zero-order chi connectivity index (χ0) is 33.5. The highest BCUT2D eigenvalue weighted by Crippen LogP contribution is 2.49. The summed E-state index contributed by atoms with van der Waals surface area (Å²) < 4.78 is 4.79. The van der Waals surface area contributed by atoms with E-state index in [1.807, 2.05) is 0 Å². The van der Waals surface area contributed by atoms with Crippen LogP contribution in [0.2, 0.25) is 0 Å². The van der Waals surface area contributed by atoms with E-state index in [1.165, 1.54) is 93.9 Å². The normalized spacial score (nSPS) is 13.7. The Balaban J connectivity index is 1.00. The van der Waals surface area contributed by atoms with Crippen molar-refractivity contribution in [3.63, 3.8) is 0 Å². The van der Waals surface area contributed by atoms with Crippen molar-refractivity contribution in [3.05, 3.63) is 205 Å². The molecular weight excluding hydrogens is 617 g/mol. The van der Waals surface area contributed by atoms with E-state index in [2.05, 4.69) is 197 Å². The first-order chi connectivity index (χ1) is 25.3. The molecule has 1 aliphatic rings. The summed E-state index contributed by atoms with van der Waals surface area (Å²) >= 11 is 0. The van der Waals surface area contributed by atoms with Crippen LogP contribution in [-0.4, -0.2) is 9.13 Å². The largest absolute Gasteiger partial charge is 0.309 e. The zero-order valence-electron chi connectivity index (χ0n) is 27.9. The second-order valence-corrected chi connectivity index (χ2v) is 13.7. The van der Waals surface area contributed by atoms with Crippen molar-refractivity contribution in [2.75, 3.05) is 0 Å². The van der Waals surface area contributed by atoms with E-state index < -0.39 is 0 Å². The van der Waals surface area contributed by atoms with Crippen molar-refractivity contribution < 1.29 is 0 Å². The molecule has 0 radical (unpaired) electrons. The average Bonchev–Trinajstić information content (AvgIpc) is 3.84. The molecule has 0 N–H and O–H groups in total. The molecule has 11 rings (SSSR count). The first-order valence-corrected chi connectivity index (χ1v) is 17.7. The van der Waals surface area contributed by atoms with Gasteiger partial charge in [0.1, 0.15) is 0 Å². The van der Waals surface area contributed by atoms with Crippen LogP contribution in [0.4, 0.5) is 0 Å². The molecule has 238 valence electrons. The highest BCUT2D eigenvalue weighted by molar-refractivity contribution is 6.11. The summed E-state index contributed by atoms with van der Waals surface area (Å²) in [4.78, 5) is 0. The fourth-order valence-corrected chi connectivity index (χ4v) is 8.77. The SMILES string of the molecule is c1ccc(-n2c3ccccc3c3cc(-c4ccc(C5c6ccccc6-c6cc(-n7c8ccccc8c8ccccc87)ccc65)cc4)ccc32)cc1. The number of hydrogen-bond acceptors (Lipinski definition) is 0. The minimum Gasteiger partial charge on any atom is -0.309 e. The molecule has 0 bridgehead atoms. The Hall–Kier alpha value is -6.64. The van der Waals surface area contributed by atoms with Crippen LogP contribution in [0.25, 0.3) is 77.2 Å². The first-order valence-electron chi connectivity index (χ1n) is 17.7. The van der Waals surface area contributed by atoms with Crippen molar-refractivity contribution in [2.45, 2.75) is 5.92 Å². The number of para-hydroxylation sites is 4. The van der Waals surface area contributed by atoms with Gasteiger partial charge in [-0.3, -0.25) is 0 Å². The Morgan fingerprint density at radius 1 is 0.314 bits per heavy atom. The van der Waals surface area contributed by atoms with Crippen LogP contribution in [0, 0.1) is 0 Å². The molecule has 0 aliphatic heterocycles. The molecule has 8 aromatic carbocycles. The Bertz CT molecular complexity index is 2910. The summed E-state index contributed by atoms with van der Waals surface area (Å²) in [6.45, 7) is 0. The maximum absolute atomic E-state index is 2.42. The minimum atomic E-state index is 0.184. The van der Waals surface area contributed by atoms with Gasteiger partial charge in [0.05, 0.1) is 22.1 Å². The maximum Gasteiger partial charge on any atom is 0.0541 e. The van der Waals surface area contributed by atoms with Gasteiger partial charge in [0, 0.05) is 38.8 Å². The van der Waals surface area contributed by atoms with Gasteiger partial charge >= 0.3 is 0 Å². The van der Waals surface area contributed by atoms with Crippen LogP contribution in [0.1, 0.15) is 22.6 Å². The van der Waals surface area contributed by atoms with E-state index in [0.717, 1.165) is 0 Å². The molecule has 2 aromatic heterocycles. The third-order valence-electron chi connectivity index (χ3n) is 11.0. The van der Waals surface area contributed by atoms with Crippen molar-refractivity contribution in [2.24, 2.45) is 0 Å². The summed E-state index contributed by atoms with van der Waals surface area (Å²) in [6, 6.07) is 69.1. The summed E-state index contributed by atoms with van der Waals surface area (Å²) in [5.74, 6) is 0.184. The van der Waals surface area contributed by atoms with Gasteiger partial charge in [0.15, 0.2) is 0 Å². The monoisotopic (exact) mass is 648 g/mol. The Morgan fingerprint density at radius 2 is 0.843 bits per heavy atom. The number of fused-ring (bicyclic) bond motifs is 9. The third-order valence-corrected chi connectivity index (χ3v) is 11.0. The third kappa shape index (κ3) is 4.17. The number of benzene rings is 8.